The smallest absolute Gasteiger partial charge is 0.278 e. The minimum atomic E-state index is 0.394. The van der Waals surface area contributed by atoms with Crippen molar-refractivity contribution in [3.8, 4) is 27.8 Å². The molecule has 0 saturated heterocycles. The number of halogens is 3. The van der Waals surface area contributed by atoms with Crippen molar-refractivity contribution in [2.75, 3.05) is 0 Å². The van der Waals surface area contributed by atoms with Gasteiger partial charge in [-0.05, 0) is 53.2 Å². The molecule has 0 aliphatic heterocycles. The lowest BCUT2D eigenvalue weighted by molar-refractivity contribution is 0.421. The number of rotatable bonds is 4. The van der Waals surface area contributed by atoms with Gasteiger partial charge >= 0.3 is 0 Å². The van der Waals surface area contributed by atoms with Gasteiger partial charge in [-0.1, -0.05) is 35.3 Å². The first-order chi connectivity index (χ1) is 13.0. The van der Waals surface area contributed by atoms with Crippen molar-refractivity contribution in [2.45, 2.75) is 20.3 Å². The molecule has 27 heavy (non-hydrogen) atoms. The molecule has 5 nitrogen and oxygen atoms in total. The average molecular weight is 484 g/mol. The van der Waals surface area contributed by atoms with Crippen molar-refractivity contribution in [3.05, 3.63) is 55.6 Å². The van der Waals surface area contributed by atoms with Crippen molar-refractivity contribution in [2.24, 2.45) is 0 Å². The molecule has 0 atom stereocenters. The van der Waals surface area contributed by atoms with E-state index in [4.69, 9.17) is 32.8 Å². The van der Waals surface area contributed by atoms with E-state index in [1.54, 1.807) is 28.2 Å². The van der Waals surface area contributed by atoms with E-state index in [0.29, 0.717) is 33.9 Å². The first-order valence-corrected chi connectivity index (χ1v) is 10.5. The summed E-state index contributed by atoms with van der Waals surface area (Å²) >= 11 is 17.7. The van der Waals surface area contributed by atoms with Crippen LogP contribution in [0.1, 0.15) is 18.3 Å². The summed E-state index contributed by atoms with van der Waals surface area (Å²) in [5, 5.41) is 9.82. The Kier molecular flexibility index (Phi) is 5.11. The van der Waals surface area contributed by atoms with E-state index in [1.807, 2.05) is 32.0 Å². The second-order valence-corrected chi connectivity index (χ2v) is 9.11. The molecule has 9 heteroatoms. The normalized spacial score (nSPS) is 11.3. The molecule has 0 aliphatic carbocycles. The Morgan fingerprint density at radius 3 is 2.67 bits per heavy atom. The highest BCUT2D eigenvalue weighted by Crippen LogP contribution is 2.39. The van der Waals surface area contributed by atoms with Gasteiger partial charge in [0.05, 0.1) is 25.1 Å². The third kappa shape index (κ3) is 3.45. The summed E-state index contributed by atoms with van der Waals surface area (Å²) in [6, 6.07) is 9.37. The molecule has 3 heterocycles. The largest absolute Gasteiger partial charge is 0.332 e. The lowest BCUT2D eigenvalue weighted by Crippen LogP contribution is -2.00. The number of nitrogens with zero attached hydrogens (tertiary/aromatic N) is 4. The lowest BCUT2D eigenvalue weighted by Gasteiger charge is -2.09. The highest BCUT2D eigenvalue weighted by Gasteiger charge is 2.24. The van der Waals surface area contributed by atoms with Gasteiger partial charge in [-0.3, -0.25) is 0 Å². The summed E-state index contributed by atoms with van der Waals surface area (Å²) < 4.78 is 8.25. The van der Waals surface area contributed by atoms with Gasteiger partial charge < -0.3 is 4.52 Å². The SMILES string of the molecule is CCc1noc(-c2nn(-c3ccc(Cl)cc3Cl)c(-c3ccc(Br)s3)c2C)n1. The predicted octanol–water partition coefficient (Wildman–Crippen LogP) is 6.59. The first kappa shape index (κ1) is 18.7. The molecule has 0 amide bonds. The maximum absolute atomic E-state index is 6.46. The molecular formula is C18H13BrCl2N4OS. The lowest BCUT2D eigenvalue weighted by atomic mass is 10.1. The highest BCUT2D eigenvalue weighted by atomic mass is 79.9. The molecule has 0 aliphatic rings. The third-order valence-corrected chi connectivity index (χ3v) is 6.22. The molecule has 0 radical (unpaired) electrons. The molecule has 3 aromatic heterocycles. The van der Waals surface area contributed by atoms with Gasteiger partial charge in [0.1, 0.15) is 0 Å². The zero-order valence-corrected chi connectivity index (χ0v) is 18.2. The molecule has 0 saturated carbocycles. The van der Waals surface area contributed by atoms with E-state index in [2.05, 4.69) is 26.1 Å². The van der Waals surface area contributed by atoms with Crippen molar-refractivity contribution < 1.29 is 4.52 Å². The molecule has 1 aromatic carbocycles. The average Bonchev–Trinajstić information content (AvgIpc) is 3.33. The number of benzene rings is 1. The monoisotopic (exact) mass is 482 g/mol. The van der Waals surface area contributed by atoms with Gasteiger partial charge in [0.2, 0.25) is 0 Å². The van der Waals surface area contributed by atoms with E-state index < -0.39 is 0 Å². The molecule has 0 fully saturated rings. The van der Waals surface area contributed by atoms with Crippen LogP contribution in [0.3, 0.4) is 0 Å². The Morgan fingerprint density at radius 2 is 2.04 bits per heavy atom. The number of aromatic nitrogens is 4. The minimum absolute atomic E-state index is 0.394. The van der Waals surface area contributed by atoms with E-state index in [-0.39, 0.29) is 0 Å². The fourth-order valence-corrected chi connectivity index (χ4v) is 4.71. The van der Waals surface area contributed by atoms with Gasteiger partial charge in [0, 0.05) is 17.0 Å². The van der Waals surface area contributed by atoms with Gasteiger partial charge in [0.25, 0.3) is 5.89 Å². The molecular weight excluding hydrogens is 471 g/mol. The molecule has 0 bridgehead atoms. The summed E-state index contributed by atoms with van der Waals surface area (Å²) in [7, 11) is 0. The molecule has 0 N–H and O–H groups in total. The Bertz CT molecular complexity index is 1130. The molecule has 4 aromatic rings. The van der Waals surface area contributed by atoms with Crippen LogP contribution in [0.2, 0.25) is 10.0 Å². The highest BCUT2D eigenvalue weighted by molar-refractivity contribution is 9.11. The summed E-state index contributed by atoms with van der Waals surface area (Å²) in [6.07, 6.45) is 0.691. The van der Waals surface area contributed by atoms with Crippen LogP contribution in [0.4, 0.5) is 0 Å². The Morgan fingerprint density at radius 1 is 1.22 bits per heavy atom. The molecule has 4 rings (SSSR count). The second-order valence-electron chi connectivity index (χ2n) is 5.80. The maximum atomic E-state index is 6.46. The van der Waals surface area contributed by atoms with E-state index in [9.17, 15) is 0 Å². The summed E-state index contributed by atoms with van der Waals surface area (Å²) in [5.74, 6) is 1.04. The van der Waals surface area contributed by atoms with Crippen molar-refractivity contribution >= 4 is 50.5 Å². The second kappa shape index (κ2) is 7.39. The summed E-state index contributed by atoms with van der Waals surface area (Å²) in [5.41, 5.74) is 3.21. The van der Waals surface area contributed by atoms with Gasteiger partial charge in [-0.2, -0.15) is 10.1 Å². The van der Waals surface area contributed by atoms with Crippen molar-refractivity contribution in [3.63, 3.8) is 0 Å². The Balaban J connectivity index is 1.97. The third-order valence-electron chi connectivity index (χ3n) is 4.05. The predicted molar refractivity (Wildman–Crippen MR) is 112 cm³/mol. The van der Waals surface area contributed by atoms with Crippen LogP contribution < -0.4 is 0 Å². The topological polar surface area (TPSA) is 56.7 Å². The van der Waals surface area contributed by atoms with Crippen LogP contribution in [0.5, 0.6) is 0 Å². The van der Waals surface area contributed by atoms with Crippen LogP contribution >= 0.6 is 50.5 Å². The summed E-state index contributed by atoms with van der Waals surface area (Å²) in [4.78, 5) is 5.47. The van der Waals surface area contributed by atoms with Gasteiger partial charge in [-0.25, -0.2) is 4.68 Å². The number of hydrogen-bond donors (Lipinski definition) is 0. The van der Waals surface area contributed by atoms with E-state index >= 15 is 0 Å². The van der Waals surface area contributed by atoms with E-state index in [1.165, 1.54) is 0 Å². The zero-order chi connectivity index (χ0) is 19.1. The van der Waals surface area contributed by atoms with Crippen LogP contribution in [0.25, 0.3) is 27.8 Å². The Labute approximate surface area is 178 Å². The van der Waals surface area contributed by atoms with Crippen LogP contribution in [0, 0.1) is 6.92 Å². The standard InChI is InChI=1S/C18H13BrCl2N4OS/c1-3-15-22-18(26-24-15)16-9(2)17(13-6-7-14(19)27-13)25(23-16)12-5-4-10(20)8-11(12)21/h4-8H,3H2,1-2H3. The Hall–Kier alpha value is -1.67. The maximum Gasteiger partial charge on any atom is 0.278 e. The number of thiophene rings is 1. The zero-order valence-electron chi connectivity index (χ0n) is 14.3. The van der Waals surface area contributed by atoms with Crippen molar-refractivity contribution in [1.82, 2.24) is 19.9 Å². The van der Waals surface area contributed by atoms with Crippen LogP contribution in [-0.2, 0) is 6.42 Å². The molecule has 0 unspecified atom stereocenters. The fraction of sp³-hybridized carbons (Fsp3) is 0.167. The quantitative estimate of drug-likeness (QED) is 0.328. The summed E-state index contributed by atoms with van der Waals surface area (Å²) in [6.45, 7) is 3.96. The minimum Gasteiger partial charge on any atom is -0.332 e. The number of hydrogen-bond acceptors (Lipinski definition) is 5. The first-order valence-electron chi connectivity index (χ1n) is 8.11. The van der Waals surface area contributed by atoms with E-state index in [0.717, 1.165) is 25.6 Å². The van der Waals surface area contributed by atoms with Crippen molar-refractivity contribution in [1.29, 1.82) is 0 Å². The van der Waals surface area contributed by atoms with Crippen LogP contribution in [-0.4, -0.2) is 19.9 Å². The number of aryl methyl sites for hydroxylation is 1. The van der Waals surface area contributed by atoms with Crippen LogP contribution in [0.15, 0.2) is 38.6 Å². The molecule has 0 spiro atoms. The molecule has 138 valence electrons. The van der Waals surface area contributed by atoms with Gasteiger partial charge in [-0.15, -0.1) is 11.3 Å². The fourth-order valence-electron chi connectivity index (χ4n) is 2.75. The van der Waals surface area contributed by atoms with Gasteiger partial charge in [0.15, 0.2) is 11.5 Å².